The molecule has 2 aromatic carbocycles. The maximum atomic E-state index is 5.88. The van der Waals surface area contributed by atoms with E-state index in [-0.39, 0.29) is 12.4 Å². The Labute approximate surface area is 166 Å². The van der Waals surface area contributed by atoms with E-state index in [0.717, 1.165) is 49.3 Å². The van der Waals surface area contributed by atoms with E-state index in [1.807, 2.05) is 37.4 Å². The molecule has 1 aliphatic heterocycles. The number of rotatable bonds is 5. The number of benzene rings is 2. The normalized spacial score (nSPS) is 15.5. The van der Waals surface area contributed by atoms with Crippen molar-refractivity contribution < 1.29 is 4.74 Å². The van der Waals surface area contributed by atoms with E-state index >= 15 is 0 Å². The zero-order valence-corrected chi connectivity index (χ0v) is 16.5. The van der Waals surface area contributed by atoms with Crippen LogP contribution in [0, 0.1) is 0 Å². The minimum Gasteiger partial charge on any atom is -0.492 e. The lowest BCUT2D eigenvalue weighted by Crippen LogP contribution is -2.49. The molecule has 0 amide bonds. The smallest absolute Gasteiger partial charge is 0.130 e. The van der Waals surface area contributed by atoms with Gasteiger partial charge in [-0.15, -0.1) is 12.4 Å². The maximum Gasteiger partial charge on any atom is 0.130 e. The highest BCUT2D eigenvalue weighted by atomic mass is 35.5. The highest BCUT2D eigenvalue weighted by molar-refractivity contribution is 6.30. The molecule has 2 aromatic rings. The SMILES string of the molecule is CN=C(c1ccccc1)N1CCN(CCOc2ccc(Cl)cc2)CC1.Cl. The molecule has 1 saturated heterocycles. The number of halogens is 2. The van der Waals surface area contributed by atoms with Crippen molar-refractivity contribution in [1.82, 2.24) is 9.80 Å². The topological polar surface area (TPSA) is 28.1 Å². The lowest BCUT2D eigenvalue weighted by Gasteiger charge is -2.36. The average Bonchev–Trinajstić information content (AvgIpc) is 2.66. The first-order chi connectivity index (χ1) is 12.3. The third kappa shape index (κ3) is 5.63. The highest BCUT2D eigenvalue weighted by Gasteiger charge is 2.20. The van der Waals surface area contributed by atoms with Gasteiger partial charge in [0.25, 0.3) is 0 Å². The third-order valence-corrected chi connectivity index (χ3v) is 4.66. The van der Waals surface area contributed by atoms with Gasteiger partial charge in [0, 0.05) is 50.4 Å². The Kier molecular flexibility index (Phi) is 8.23. The molecule has 0 aliphatic carbocycles. The largest absolute Gasteiger partial charge is 0.492 e. The molecule has 1 aliphatic rings. The van der Waals surface area contributed by atoms with E-state index in [0.29, 0.717) is 6.61 Å². The van der Waals surface area contributed by atoms with Crippen LogP contribution in [0.2, 0.25) is 5.02 Å². The van der Waals surface area contributed by atoms with E-state index in [9.17, 15) is 0 Å². The molecule has 0 atom stereocenters. The zero-order chi connectivity index (χ0) is 17.5. The van der Waals surface area contributed by atoms with Crippen LogP contribution in [0.15, 0.2) is 59.6 Å². The first-order valence-electron chi connectivity index (χ1n) is 8.64. The first-order valence-corrected chi connectivity index (χ1v) is 9.02. The second-order valence-electron chi connectivity index (χ2n) is 6.04. The van der Waals surface area contributed by atoms with Crippen molar-refractivity contribution in [3.8, 4) is 5.75 Å². The summed E-state index contributed by atoms with van der Waals surface area (Å²) in [5, 5.41) is 0.732. The summed E-state index contributed by atoms with van der Waals surface area (Å²) in [6.07, 6.45) is 0. The fraction of sp³-hybridized carbons (Fsp3) is 0.350. The molecule has 140 valence electrons. The van der Waals surface area contributed by atoms with Gasteiger partial charge in [0.2, 0.25) is 0 Å². The van der Waals surface area contributed by atoms with Crippen LogP contribution in [-0.4, -0.2) is 62.0 Å². The number of aliphatic imine (C=N–C) groups is 1. The Hall–Kier alpha value is -1.75. The van der Waals surface area contributed by atoms with Crippen LogP contribution in [0.4, 0.5) is 0 Å². The van der Waals surface area contributed by atoms with Gasteiger partial charge >= 0.3 is 0 Å². The summed E-state index contributed by atoms with van der Waals surface area (Å²) in [6, 6.07) is 17.9. The monoisotopic (exact) mass is 393 g/mol. The molecule has 0 radical (unpaired) electrons. The molecule has 6 heteroatoms. The number of ether oxygens (including phenoxy) is 1. The molecule has 0 saturated carbocycles. The predicted molar refractivity (Wildman–Crippen MR) is 111 cm³/mol. The second-order valence-corrected chi connectivity index (χ2v) is 6.48. The van der Waals surface area contributed by atoms with Gasteiger partial charge in [0.05, 0.1) is 0 Å². The summed E-state index contributed by atoms with van der Waals surface area (Å²) in [7, 11) is 1.87. The van der Waals surface area contributed by atoms with Crippen molar-refractivity contribution in [3.63, 3.8) is 0 Å². The molecule has 0 N–H and O–H groups in total. The van der Waals surface area contributed by atoms with Crippen molar-refractivity contribution in [3.05, 3.63) is 65.2 Å². The lowest BCUT2D eigenvalue weighted by atomic mass is 10.1. The molecule has 4 nitrogen and oxygen atoms in total. The third-order valence-electron chi connectivity index (χ3n) is 4.41. The summed E-state index contributed by atoms with van der Waals surface area (Å²) in [6.45, 7) is 5.64. The van der Waals surface area contributed by atoms with Crippen LogP contribution in [0.3, 0.4) is 0 Å². The Morgan fingerprint density at radius 2 is 1.65 bits per heavy atom. The van der Waals surface area contributed by atoms with Gasteiger partial charge in [0.1, 0.15) is 18.2 Å². The van der Waals surface area contributed by atoms with Crippen LogP contribution in [0.1, 0.15) is 5.56 Å². The van der Waals surface area contributed by atoms with Crippen LogP contribution in [0.5, 0.6) is 5.75 Å². The van der Waals surface area contributed by atoms with Crippen LogP contribution in [0.25, 0.3) is 0 Å². The van der Waals surface area contributed by atoms with Crippen molar-refractivity contribution in [2.24, 2.45) is 4.99 Å². The van der Waals surface area contributed by atoms with E-state index < -0.39 is 0 Å². The highest BCUT2D eigenvalue weighted by Crippen LogP contribution is 2.15. The molecule has 1 heterocycles. The molecule has 3 rings (SSSR count). The minimum absolute atomic E-state index is 0. The number of piperazine rings is 1. The Balaban J connectivity index is 0.00000243. The quantitative estimate of drug-likeness (QED) is 0.570. The van der Waals surface area contributed by atoms with Crippen molar-refractivity contribution in [2.45, 2.75) is 0 Å². The van der Waals surface area contributed by atoms with Gasteiger partial charge in [-0.2, -0.15) is 0 Å². The summed E-state index contributed by atoms with van der Waals surface area (Å²) < 4.78 is 5.79. The zero-order valence-electron chi connectivity index (χ0n) is 15.0. The van der Waals surface area contributed by atoms with Gasteiger partial charge in [-0.05, 0) is 24.3 Å². The van der Waals surface area contributed by atoms with Crippen LogP contribution in [-0.2, 0) is 0 Å². The molecule has 0 unspecified atom stereocenters. The second kappa shape index (κ2) is 10.4. The first kappa shape index (κ1) is 20.6. The van der Waals surface area contributed by atoms with Gasteiger partial charge in [-0.3, -0.25) is 9.89 Å². The number of nitrogens with zero attached hydrogens (tertiary/aromatic N) is 3. The van der Waals surface area contributed by atoms with Crippen molar-refractivity contribution >= 4 is 29.8 Å². The maximum absolute atomic E-state index is 5.88. The van der Waals surface area contributed by atoms with E-state index in [4.69, 9.17) is 16.3 Å². The summed E-state index contributed by atoms with van der Waals surface area (Å²) in [4.78, 5) is 9.31. The Bertz CT molecular complexity index is 684. The molecular formula is C20H25Cl2N3O. The number of amidine groups is 1. The average molecular weight is 394 g/mol. The molecule has 0 bridgehead atoms. The summed E-state index contributed by atoms with van der Waals surface area (Å²) >= 11 is 5.88. The fourth-order valence-corrected chi connectivity index (χ4v) is 3.17. The standard InChI is InChI=1S/C20H24ClN3O.ClH/c1-22-20(17-5-3-2-4-6-17)24-13-11-23(12-14-24)15-16-25-19-9-7-18(21)8-10-19;/h2-10H,11-16H2,1H3;1H. The van der Waals surface area contributed by atoms with Gasteiger partial charge in [0.15, 0.2) is 0 Å². The minimum atomic E-state index is 0. The van der Waals surface area contributed by atoms with Crippen molar-refractivity contribution in [1.29, 1.82) is 0 Å². The van der Waals surface area contributed by atoms with Crippen molar-refractivity contribution in [2.75, 3.05) is 46.4 Å². The molecule has 0 spiro atoms. The van der Waals surface area contributed by atoms with Gasteiger partial charge < -0.3 is 9.64 Å². The van der Waals surface area contributed by atoms with Gasteiger partial charge in [-0.1, -0.05) is 41.9 Å². The summed E-state index contributed by atoms with van der Waals surface area (Å²) in [5.74, 6) is 1.95. The van der Waals surface area contributed by atoms with Gasteiger partial charge in [-0.25, -0.2) is 0 Å². The molecule has 0 aromatic heterocycles. The van der Waals surface area contributed by atoms with E-state index in [2.05, 4.69) is 39.1 Å². The molecule has 26 heavy (non-hydrogen) atoms. The van der Waals surface area contributed by atoms with E-state index in [1.54, 1.807) is 0 Å². The number of hydrogen-bond donors (Lipinski definition) is 0. The fourth-order valence-electron chi connectivity index (χ4n) is 3.05. The number of hydrogen-bond acceptors (Lipinski definition) is 3. The van der Waals surface area contributed by atoms with Crippen LogP contribution >= 0.6 is 24.0 Å². The lowest BCUT2D eigenvalue weighted by molar-refractivity contribution is 0.154. The predicted octanol–water partition coefficient (Wildman–Crippen LogP) is 3.83. The Morgan fingerprint density at radius 1 is 1.00 bits per heavy atom. The van der Waals surface area contributed by atoms with E-state index in [1.165, 1.54) is 5.56 Å². The molecular weight excluding hydrogens is 369 g/mol. The summed E-state index contributed by atoms with van der Waals surface area (Å²) in [5.41, 5.74) is 1.18. The molecule has 1 fully saturated rings. The van der Waals surface area contributed by atoms with Crippen LogP contribution < -0.4 is 4.74 Å². The Morgan fingerprint density at radius 3 is 2.27 bits per heavy atom.